The van der Waals surface area contributed by atoms with Crippen LogP contribution in [0.15, 0.2) is 41.1 Å². The molecule has 0 fully saturated rings. The normalized spacial score (nSPS) is 16.0. The lowest BCUT2D eigenvalue weighted by Crippen LogP contribution is -2.04. The molecule has 0 aliphatic carbocycles. The lowest BCUT2D eigenvalue weighted by Gasteiger charge is -2.04. The fraction of sp³-hybridized carbons (Fsp3) is 0.389. The minimum Gasteiger partial charge on any atom is -0.480 e. The molecule has 7 nitrogen and oxygen atoms in total. The summed E-state index contributed by atoms with van der Waals surface area (Å²) in [5.41, 5.74) is 2.24. The molecule has 0 amide bonds. The van der Waals surface area contributed by atoms with Crippen LogP contribution in [0.3, 0.4) is 0 Å². The second-order valence-electron chi connectivity index (χ2n) is 6.68. The van der Waals surface area contributed by atoms with Gasteiger partial charge in [0.1, 0.15) is 5.75 Å². The van der Waals surface area contributed by atoms with Crippen molar-refractivity contribution in [3.05, 3.63) is 53.7 Å². The average molecular weight is 339 g/mol. The maximum atomic E-state index is 5.87. The van der Waals surface area contributed by atoms with Crippen LogP contribution in [0.25, 0.3) is 0 Å². The zero-order chi connectivity index (χ0) is 17.2. The Morgan fingerprint density at radius 1 is 1.28 bits per heavy atom. The van der Waals surface area contributed by atoms with E-state index in [1.165, 1.54) is 0 Å². The number of anilines is 1. The van der Waals surface area contributed by atoms with E-state index in [4.69, 9.17) is 9.15 Å². The monoisotopic (exact) mass is 339 g/mol. The number of para-hydroxylation sites is 1. The third-order valence-electron chi connectivity index (χ3n) is 4.05. The Morgan fingerprint density at radius 2 is 2.16 bits per heavy atom. The van der Waals surface area contributed by atoms with Gasteiger partial charge in [0.2, 0.25) is 0 Å². The number of rotatable bonds is 6. The van der Waals surface area contributed by atoms with Gasteiger partial charge in [-0.05, 0) is 17.5 Å². The molecule has 4 rings (SSSR count). The molecule has 2 aromatic heterocycles. The van der Waals surface area contributed by atoms with Gasteiger partial charge in [0, 0.05) is 31.3 Å². The fourth-order valence-electron chi connectivity index (χ4n) is 2.91. The summed E-state index contributed by atoms with van der Waals surface area (Å²) >= 11 is 0. The van der Waals surface area contributed by atoms with E-state index in [-0.39, 0.29) is 6.10 Å². The Labute approximate surface area is 146 Å². The highest BCUT2D eigenvalue weighted by molar-refractivity contribution is 5.38. The van der Waals surface area contributed by atoms with Crippen LogP contribution in [0.2, 0.25) is 0 Å². The lowest BCUT2D eigenvalue weighted by molar-refractivity contribution is 0.199. The van der Waals surface area contributed by atoms with Crippen molar-refractivity contribution in [2.24, 2.45) is 5.92 Å². The molecule has 7 heteroatoms. The van der Waals surface area contributed by atoms with Crippen LogP contribution in [-0.2, 0) is 19.5 Å². The van der Waals surface area contributed by atoms with Gasteiger partial charge in [-0.3, -0.25) is 4.68 Å². The summed E-state index contributed by atoms with van der Waals surface area (Å²) in [5.74, 6) is 1.95. The number of ether oxygens (including phenoxy) is 1. The molecule has 0 bridgehead atoms. The predicted octanol–water partition coefficient (Wildman–Crippen LogP) is 3.21. The maximum absolute atomic E-state index is 5.87. The molecule has 130 valence electrons. The van der Waals surface area contributed by atoms with Crippen molar-refractivity contribution in [1.29, 1.82) is 0 Å². The van der Waals surface area contributed by atoms with Gasteiger partial charge in [0.15, 0.2) is 6.10 Å². The third kappa shape index (κ3) is 3.50. The van der Waals surface area contributed by atoms with Crippen molar-refractivity contribution in [3.63, 3.8) is 0 Å². The Balaban J connectivity index is 1.35. The quantitative estimate of drug-likeness (QED) is 0.743. The van der Waals surface area contributed by atoms with E-state index in [0.717, 1.165) is 29.8 Å². The van der Waals surface area contributed by atoms with Crippen LogP contribution in [0.1, 0.15) is 37.0 Å². The van der Waals surface area contributed by atoms with Gasteiger partial charge < -0.3 is 14.5 Å². The highest BCUT2D eigenvalue weighted by Gasteiger charge is 2.28. The predicted molar refractivity (Wildman–Crippen MR) is 92.2 cm³/mol. The zero-order valence-corrected chi connectivity index (χ0v) is 14.3. The summed E-state index contributed by atoms with van der Waals surface area (Å²) in [5, 5.41) is 15.7. The Morgan fingerprint density at radius 3 is 3.00 bits per heavy atom. The Kier molecular flexibility index (Phi) is 4.13. The van der Waals surface area contributed by atoms with E-state index in [1.54, 1.807) is 0 Å². The van der Waals surface area contributed by atoms with Crippen molar-refractivity contribution >= 4 is 6.01 Å². The van der Waals surface area contributed by atoms with Crippen molar-refractivity contribution in [1.82, 2.24) is 20.0 Å². The standard InChI is InChI=1S/C18H21N5O2/c1-12(2)10-23-11-13(9-20-23)8-19-18-22-21-17(25-18)16-7-14-5-3-4-6-15(14)24-16/h3-6,9,11-12,16H,7-8,10H2,1-2H3,(H,19,22)/t16-/m0/s1. The number of hydrogen-bond donors (Lipinski definition) is 1. The largest absolute Gasteiger partial charge is 0.480 e. The molecule has 0 spiro atoms. The summed E-state index contributed by atoms with van der Waals surface area (Å²) in [4.78, 5) is 0. The van der Waals surface area contributed by atoms with Crippen LogP contribution in [-0.4, -0.2) is 20.0 Å². The second kappa shape index (κ2) is 6.58. The summed E-state index contributed by atoms with van der Waals surface area (Å²) < 4.78 is 13.5. The highest BCUT2D eigenvalue weighted by atomic mass is 16.5. The maximum Gasteiger partial charge on any atom is 0.315 e. The highest BCUT2D eigenvalue weighted by Crippen LogP contribution is 2.36. The summed E-state index contributed by atoms with van der Waals surface area (Å²) in [7, 11) is 0. The summed E-state index contributed by atoms with van der Waals surface area (Å²) in [6, 6.07) is 8.37. The van der Waals surface area contributed by atoms with E-state index in [0.29, 0.717) is 24.4 Å². The zero-order valence-electron chi connectivity index (χ0n) is 14.3. The van der Waals surface area contributed by atoms with Gasteiger partial charge in [-0.25, -0.2) is 0 Å². The number of nitrogens with one attached hydrogen (secondary N) is 1. The van der Waals surface area contributed by atoms with Crippen LogP contribution in [0, 0.1) is 5.92 Å². The topological polar surface area (TPSA) is 78.0 Å². The fourth-order valence-corrected chi connectivity index (χ4v) is 2.91. The van der Waals surface area contributed by atoms with Gasteiger partial charge in [-0.2, -0.15) is 5.10 Å². The van der Waals surface area contributed by atoms with Gasteiger partial charge in [0.25, 0.3) is 5.89 Å². The van der Waals surface area contributed by atoms with E-state index in [1.807, 2.05) is 35.3 Å². The molecule has 1 aliphatic heterocycles. The molecule has 3 heterocycles. The van der Waals surface area contributed by atoms with Gasteiger partial charge in [0.05, 0.1) is 6.20 Å². The molecule has 0 radical (unpaired) electrons. The van der Waals surface area contributed by atoms with E-state index in [9.17, 15) is 0 Å². The lowest BCUT2D eigenvalue weighted by atomic mass is 10.1. The molecule has 0 saturated heterocycles. The van der Waals surface area contributed by atoms with Gasteiger partial charge >= 0.3 is 6.01 Å². The first-order valence-electron chi connectivity index (χ1n) is 8.50. The first kappa shape index (κ1) is 15.7. The Bertz CT molecular complexity index is 830. The Hall–Kier alpha value is -2.83. The number of nitrogens with zero attached hydrogens (tertiary/aromatic N) is 4. The molecule has 3 aromatic rings. The third-order valence-corrected chi connectivity index (χ3v) is 4.05. The number of fused-ring (bicyclic) bond motifs is 1. The van der Waals surface area contributed by atoms with Crippen molar-refractivity contribution < 1.29 is 9.15 Å². The molecule has 1 aliphatic rings. The SMILES string of the molecule is CC(C)Cn1cc(CNc2nnc([C@@H]3Cc4ccccc4O3)o2)cn1. The first-order chi connectivity index (χ1) is 12.2. The minimum absolute atomic E-state index is 0.214. The van der Waals surface area contributed by atoms with E-state index >= 15 is 0 Å². The molecule has 25 heavy (non-hydrogen) atoms. The van der Waals surface area contributed by atoms with Gasteiger partial charge in [-0.1, -0.05) is 37.1 Å². The molecule has 0 saturated carbocycles. The van der Waals surface area contributed by atoms with Crippen LogP contribution in [0.4, 0.5) is 6.01 Å². The number of benzene rings is 1. The summed E-state index contributed by atoms with van der Waals surface area (Å²) in [6.45, 7) is 5.83. The van der Waals surface area contributed by atoms with E-state index in [2.05, 4.69) is 40.5 Å². The number of aromatic nitrogens is 4. The summed E-state index contributed by atoms with van der Waals surface area (Å²) in [6.07, 6.45) is 4.42. The van der Waals surface area contributed by atoms with Crippen LogP contribution in [0.5, 0.6) is 5.75 Å². The average Bonchev–Trinajstić information content (AvgIpc) is 3.31. The van der Waals surface area contributed by atoms with Crippen LogP contribution < -0.4 is 10.1 Å². The number of hydrogen-bond acceptors (Lipinski definition) is 6. The van der Waals surface area contributed by atoms with Crippen molar-refractivity contribution in [2.45, 2.75) is 39.5 Å². The van der Waals surface area contributed by atoms with E-state index < -0.39 is 0 Å². The smallest absolute Gasteiger partial charge is 0.315 e. The molecule has 1 N–H and O–H groups in total. The second-order valence-corrected chi connectivity index (χ2v) is 6.68. The molecule has 1 atom stereocenters. The van der Waals surface area contributed by atoms with Crippen LogP contribution >= 0.6 is 0 Å². The van der Waals surface area contributed by atoms with Crippen molar-refractivity contribution in [2.75, 3.05) is 5.32 Å². The minimum atomic E-state index is -0.214. The molecular weight excluding hydrogens is 318 g/mol. The van der Waals surface area contributed by atoms with Crippen molar-refractivity contribution in [3.8, 4) is 5.75 Å². The molecular formula is C18H21N5O2. The van der Waals surface area contributed by atoms with Gasteiger partial charge in [-0.15, -0.1) is 5.10 Å². The molecule has 0 unspecified atom stereocenters. The first-order valence-corrected chi connectivity index (χ1v) is 8.50. The molecule has 1 aromatic carbocycles.